The highest BCUT2D eigenvalue weighted by Gasteiger charge is 2.17. The monoisotopic (exact) mass is 402 g/mol. The number of anilines is 1. The molecular formula is C19H23BrN4O. The van der Waals surface area contributed by atoms with Crippen molar-refractivity contribution in [3.8, 4) is 0 Å². The van der Waals surface area contributed by atoms with Gasteiger partial charge in [-0.05, 0) is 46.6 Å². The highest BCUT2D eigenvalue weighted by Crippen LogP contribution is 2.17. The van der Waals surface area contributed by atoms with Crippen LogP contribution in [0, 0.1) is 6.92 Å². The van der Waals surface area contributed by atoms with Gasteiger partial charge >= 0.3 is 0 Å². The molecule has 0 aliphatic carbocycles. The Bertz CT molecular complexity index is 729. The number of amides is 1. The van der Waals surface area contributed by atoms with Crippen molar-refractivity contribution >= 4 is 27.5 Å². The van der Waals surface area contributed by atoms with Gasteiger partial charge in [0.25, 0.3) is 5.91 Å². The van der Waals surface area contributed by atoms with Crippen molar-refractivity contribution in [2.24, 2.45) is 0 Å². The summed E-state index contributed by atoms with van der Waals surface area (Å²) < 4.78 is 0.812. The van der Waals surface area contributed by atoms with Crippen molar-refractivity contribution in [3.05, 3.63) is 58.3 Å². The van der Waals surface area contributed by atoms with E-state index >= 15 is 0 Å². The smallest absolute Gasteiger partial charge is 0.252 e. The third-order valence-electron chi connectivity index (χ3n) is 4.42. The molecule has 0 atom stereocenters. The Morgan fingerprint density at radius 2 is 2.00 bits per heavy atom. The van der Waals surface area contributed by atoms with Gasteiger partial charge < -0.3 is 10.2 Å². The fourth-order valence-electron chi connectivity index (χ4n) is 3.02. The first-order valence-electron chi connectivity index (χ1n) is 8.54. The summed E-state index contributed by atoms with van der Waals surface area (Å²) in [6, 6.07) is 10.4. The van der Waals surface area contributed by atoms with Crippen molar-refractivity contribution in [3.63, 3.8) is 0 Å². The van der Waals surface area contributed by atoms with E-state index in [9.17, 15) is 4.79 Å². The van der Waals surface area contributed by atoms with E-state index in [0.717, 1.165) is 37.2 Å². The Morgan fingerprint density at radius 1 is 1.20 bits per heavy atom. The maximum absolute atomic E-state index is 12.1. The number of hydrogen-bond donors (Lipinski definition) is 1. The molecule has 0 radical (unpaired) electrons. The lowest BCUT2D eigenvalue weighted by Gasteiger charge is -2.36. The van der Waals surface area contributed by atoms with Gasteiger partial charge in [0.05, 0.1) is 5.56 Å². The number of halogens is 1. The summed E-state index contributed by atoms with van der Waals surface area (Å²) in [4.78, 5) is 21.0. The number of piperazine rings is 1. The number of pyridine rings is 1. The molecule has 1 aromatic carbocycles. The molecule has 2 heterocycles. The molecule has 5 nitrogen and oxygen atoms in total. The topological polar surface area (TPSA) is 48.5 Å². The van der Waals surface area contributed by atoms with Gasteiger partial charge in [-0.1, -0.05) is 12.1 Å². The molecule has 25 heavy (non-hydrogen) atoms. The number of rotatable bonds is 5. The van der Waals surface area contributed by atoms with Crippen LogP contribution in [-0.2, 0) is 0 Å². The highest BCUT2D eigenvalue weighted by atomic mass is 79.9. The van der Waals surface area contributed by atoms with Gasteiger partial charge in [-0.2, -0.15) is 0 Å². The van der Waals surface area contributed by atoms with E-state index < -0.39 is 0 Å². The van der Waals surface area contributed by atoms with E-state index in [2.05, 4.69) is 67.2 Å². The highest BCUT2D eigenvalue weighted by molar-refractivity contribution is 9.10. The summed E-state index contributed by atoms with van der Waals surface area (Å²) in [7, 11) is 0. The van der Waals surface area contributed by atoms with Crippen LogP contribution in [0.1, 0.15) is 15.9 Å². The SMILES string of the molecule is Cc1cccc(N2CCN(CCNC(=O)c3cncc(Br)c3)CC2)c1. The molecule has 1 saturated heterocycles. The summed E-state index contributed by atoms with van der Waals surface area (Å²) in [5.41, 5.74) is 3.18. The molecule has 132 valence electrons. The van der Waals surface area contributed by atoms with Crippen LogP contribution in [-0.4, -0.2) is 55.1 Å². The van der Waals surface area contributed by atoms with Crippen molar-refractivity contribution in [2.45, 2.75) is 6.92 Å². The molecule has 6 heteroatoms. The second kappa shape index (κ2) is 8.45. The minimum absolute atomic E-state index is 0.0767. The third kappa shape index (κ3) is 5.03. The Hall–Kier alpha value is -1.92. The Balaban J connectivity index is 1.41. The lowest BCUT2D eigenvalue weighted by molar-refractivity contribution is 0.0947. The number of aromatic nitrogens is 1. The number of nitrogens with one attached hydrogen (secondary N) is 1. The maximum Gasteiger partial charge on any atom is 0.252 e. The van der Waals surface area contributed by atoms with E-state index in [1.54, 1.807) is 18.5 Å². The van der Waals surface area contributed by atoms with Crippen LogP contribution in [0.2, 0.25) is 0 Å². The number of carbonyl (C=O) groups excluding carboxylic acids is 1. The molecule has 0 unspecified atom stereocenters. The van der Waals surface area contributed by atoms with Gasteiger partial charge in [-0.15, -0.1) is 0 Å². The minimum Gasteiger partial charge on any atom is -0.369 e. The van der Waals surface area contributed by atoms with E-state index in [-0.39, 0.29) is 5.91 Å². The van der Waals surface area contributed by atoms with Gasteiger partial charge in [-0.3, -0.25) is 14.7 Å². The quantitative estimate of drug-likeness (QED) is 0.834. The lowest BCUT2D eigenvalue weighted by Crippen LogP contribution is -2.48. The van der Waals surface area contributed by atoms with Crippen LogP contribution in [0.3, 0.4) is 0 Å². The van der Waals surface area contributed by atoms with Crippen LogP contribution in [0.4, 0.5) is 5.69 Å². The summed E-state index contributed by atoms with van der Waals surface area (Å²) in [6.45, 7) is 7.72. The molecule has 1 amide bonds. The Labute approximate surface area is 157 Å². The zero-order chi connectivity index (χ0) is 17.6. The van der Waals surface area contributed by atoms with Gasteiger partial charge in [0.2, 0.25) is 0 Å². The Morgan fingerprint density at radius 3 is 2.72 bits per heavy atom. The van der Waals surface area contributed by atoms with Crippen molar-refractivity contribution in [1.29, 1.82) is 0 Å². The number of hydrogen-bond acceptors (Lipinski definition) is 4. The fraction of sp³-hybridized carbons (Fsp3) is 0.368. The molecule has 2 aromatic rings. The summed E-state index contributed by atoms with van der Waals surface area (Å²) in [5.74, 6) is -0.0767. The van der Waals surface area contributed by atoms with Gasteiger partial charge in [0.15, 0.2) is 0 Å². The third-order valence-corrected chi connectivity index (χ3v) is 4.85. The predicted octanol–water partition coefficient (Wildman–Crippen LogP) is 2.70. The average Bonchev–Trinajstić information content (AvgIpc) is 2.62. The largest absolute Gasteiger partial charge is 0.369 e. The zero-order valence-corrected chi connectivity index (χ0v) is 16.0. The number of carbonyl (C=O) groups is 1. The van der Waals surface area contributed by atoms with Crippen LogP contribution < -0.4 is 10.2 Å². The van der Waals surface area contributed by atoms with Crippen LogP contribution in [0.5, 0.6) is 0 Å². The molecule has 3 rings (SSSR count). The van der Waals surface area contributed by atoms with E-state index in [1.165, 1.54) is 11.3 Å². The van der Waals surface area contributed by atoms with E-state index in [4.69, 9.17) is 0 Å². The van der Waals surface area contributed by atoms with E-state index in [1.807, 2.05) is 0 Å². The van der Waals surface area contributed by atoms with Gasteiger partial charge in [-0.25, -0.2) is 0 Å². The van der Waals surface area contributed by atoms with Crippen LogP contribution >= 0.6 is 15.9 Å². The maximum atomic E-state index is 12.1. The number of benzene rings is 1. The molecular weight excluding hydrogens is 380 g/mol. The molecule has 1 aliphatic rings. The normalized spacial score (nSPS) is 15.2. The minimum atomic E-state index is -0.0767. The molecule has 1 aliphatic heterocycles. The predicted molar refractivity (Wildman–Crippen MR) is 104 cm³/mol. The first-order chi connectivity index (χ1) is 12.1. The molecule has 0 bridgehead atoms. The standard InChI is InChI=1S/C19H23BrN4O/c1-15-3-2-4-18(11-15)24-9-7-23(8-10-24)6-5-22-19(25)16-12-17(20)14-21-13-16/h2-4,11-14H,5-10H2,1H3,(H,22,25). The second-order valence-electron chi connectivity index (χ2n) is 6.32. The molecule has 1 fully saturated rings. The first-order valence-corrected chi connectivity index (χ1v) is 9.34. The first kappa shape index (κ1) is 17.9. The van der Waals surface area contributed by atoms with Gasteiger partial charge in [0, 0.05) is 61.8 Å². The van der Waals surface area contributed by atoms with E-state index in [0.29, 0.717) is 12.1 Å². The molecule has 0 saturated carbocycles. The molecule has 1 N–H and O–H groups in total. The van der Waals surface area contributed by atoms with Crippen molar-refractivity contribution in [1.82, 2.24) is 15.2 Å². The molecule has 0 spiro atoms. The van der Waals surface area contributed by atoms with Crippen LogP contribution in [0.25, 0.3) is 0 Å². The van der Waals surface area contributed by atoms with Crippen molar-refractivity contribution in [2.75, 3.05) is 44.2 Å². The fourth-order valence-corrected chi connectivity index (χ4v) is 3.38. The summed E-state index contributed by atoms with van der Waals surface area (Å²) in [6.07, 6.45) is 3.26. The number of nitrogens with zero attached hydrogens (tertiary/aromatic N) is 3. The average molecular weight is 403 g/mol. The van der Waals surface area contributed by atoms with Gasteiger partial charge in [0.1, 0.15) is 0 Å². The van der Waals surface area contributed by atoms with Crippen LogP contribution in [0.15, 0.2) is 47.2 Å². The number of aryl methyl sites for hydroxylation is 1. The molecule has 1 aromatic heterocycles. The Kier molecular flexibility index (Phi) is 6.04. The summed E-state index contributed by atoms with van der Waals surface area (Å²) >= 11 is 3.34. The zero-order valence-electron chi connectivity index (χ0n) is 14.4. The lowest BCUT2D eigenvalue weighted by atomic mass is 10.2. The second-order valence-corrected chi connectivity index (χ2v) is 7.23. The van der Waals surface area contributed by atoms with Crippen molar-refractivity contribution < 1.29 is 4.79 Å². The summed E-state index contributed by atoms with van der Waals surface area (Å²) in [5, 5.41) is 2.97.